The lowest BCUT2D eigenvalue weighted by molar-refractivity contribution is 0.111. The van der Waals surface area contributed by atoms with Gasteiger partial charge in [0.2, 0.25) is 5.95 Å². The van der Waals surface area contributed by atoms with Crippen molar-refractivity contribution in [2.45, 2.75) is 70.6 Å². The number of halogens is 1. The number of nitrogens with one attached hydrogen (secondary N) is 1. The second-order valence-electron chi connectivity index (χ2n) is 6.61. The van der Waals surface area contributed by atoms with E-state index >= 15 is 0 Å². The average Bonchev–Trinajstić information content (AvgIpc) is 2.85. The van der Waals surface area contributed by atoms with Crippen LogP contribution >= 0.6 is 15.9 Å². The fourth-order valence-electron chi connectivity index (χ4n) is 3.40. The number of aliphatic hydroxyl groups excluding tert-OH is 1. The molecule has 0 bridgehead atoms. The van der Waals surface area contributed by atoms with E-state index in [1.165, 1.54) is 0 Å². The standard InChI is InChI=1S/C17H25BrN4O/c1-3-4-11(2)20-17-19-9-14-15(18)10-22(16(14)21-17)12-5-7-13(23)8-6-12/h9-13,23H,3-8H2,1-2H3,(H,19,20,21). The molecule has 2 aromatic rings. The third kappa shape index (κ3) is 3.69. The molecular formula is C17H25BrN4O. The normalized spacial score (nSPS) is 23.1. The van der Waals surface area contributed by atoms with E-state index in [4.69, 9.17) is 4.98 Å². The van der Waals surface area contributed by atoms with Gasteiger partial charge in [0.15, 0.2) is 0 Å². The highest BCUT2D eigenvalue weighted by molar-refractivity contribution is 9.10. The van der Waals surface area contributed by atoms with Crippen LogP contribution in [0.5, 0.6) is 0 Å². The van der Waals surface area contributed by atoms with Gasteiger partial charge in [-0.25, -0.2) is 4.98 Å². The molecule has 0 saturated heterocycles. The Morgan fingerprint density at radius 1 is 1.39 bits per heavy atom. The number of hydrogen-bond acceptors (Lipinski definition) is 4. The smallest absolute Gasteiger partial charge is 0.224 e. The minimum absolute atomic E-state index is 0.140. The molecule has 2 aromatic heterocycles. The van der Waals surface area contributed by atoms with E-state index in [2.05, 4.69) is 50.8 Å². The van der Waals surface area contributed by atoms with Crippen molar-refractivity contribution in [3.05, 3.63) is 16.9 Å². The summed E-state index contributed by atoms with van der Waals surface area (Å²) in [4.78, 5) is 9.22. The lowest BCUT2D eigenvalue weighted by atomic mass is 9.93. The number of nitrogens with zero attached hydrogens (tertiary/aromatic N) is 3. The molecule has 1 aliphatic rings. The van der Waals surface area contributed by atoms with Gasteiger partial charge >= 0.3 is 0 Å². The number of anilines is 1. The minimum Gasteiger partial charge on any atom is -0.393 e. The molecule has 0 spiro atoms. The summed E-state index contributed by atoms with van der Waals surface area (Å²) in [5.74, 6) is 0.696. The number of hydrogen-bond donors (Lipinski definition) is 2. The Morgan fingerprint density at radius 3 is 2.83 bits per heavy atom. The Morgan fingerprint density at radius 2 is 2.13 bits per heavy atom. The molecule has 1 saturated carbocycles. The van der Waals surface area contributed by atoms with Crippen LogP contribution in [-0.2, 0) is 0 Å². The van der Waals surface area contributed by atoms with Crippen LogP contribution in [0.4, 0.5) is 5.95 Å². The second kappa shape index (κ2) is 7.18. The molecule has 126 valence electrons. The van der Waals surface area contributed by atoms with E-state index in [1.54, 1.807) is 0 Å². The van der Waals surface area contributed by atoms with Crippen LogP contribution in [0, 0.1) is 0 Å². The van der Waals surface area contributed by atoms with Crippen molar-refractivity contribution < 1.29 is 5.11 Å². The lowest BCUT2D eigenvalue weighted by Crippen LogP contribution is -2.21. The van der Waals surface area contributed by atoms with Crippen LogP contribution in [-0.4, -0.2) is 31.8 Å². The predicted octanol–water partition coefficient (Wildman–Crippen LogP) is 4.27. The Bertz CT molecular complexity index is 664. The van der Waals surface area contributed by atoms with E-state index in [-0.39, 0.29) is 6.10 Å². The molecule has 2 heterocycles. The van der Waals surface area contributed by atoms with Gasteiger partial charge in [-0.3, -0.25) is 0 Å². The molecule has 1 fully saturated rings. The zero-order valence-corrected chi connectivity index (χ0v) is 15.4. The lowest BCUT2D eigenvalue weighted by Gasteiger charge is -2.27. The topological polar surface area (TPSA) is 63.0 Å². The molecule has 2 N–H and O–H groups in total. The minimum atomic E-state index is -0.140. The summed E-state index contributed by atoms with van der Waals surface area (Å²) < 4.78 is 3.29. The fraction of sp³-hybridized carbons (Fsp3) is 0.647. The summed E-state index contributed by atoms with van der Waals surface area (Å²) in [6.45, 7) is 4.34. The van der Waals surface area contributed by atoms with Crippen LogP contribution in [0.2, 0.25) is 0 Å². The second-order valence-corrected chi connectivity index (χ2v) is 7.47. The molecule has 5 nitrogen and oxygen atoms in total. The molecule has 1 aliphatic carbocycles. The number of fused-ring (bicyclic) bond motifs is 1. The summed E-state index contributed by atoms with van der Waals surface area (Å²) in [6.07, 6.45) is 9.83. The highest BCUT2D eigenvalue weighted by Gasteiger charge is 2.23. The highest BCUT2D eigenvalue weighted by atomic mass is 79.9. The van der Waals surface area contributed by atoms with E-state index in [9.17, 15) is 5.11 Å². The van der Waals surface area contributed by atoms with Gasteiger partial charge in [-0.05, 0) is 55.0 Å². The van der Waals surface area contributed by atoms with E-state index < -0.39 is 0 Å². The van der Waals surface area contributed by atoms with Gasteiger partial charge in [0, 0.05) is 29.0 Å². The van der Waals surface area contributed by atoms with Crippen molar-refractivity contribution in [3.63, 3.8) is 0 Å². The number of aromatic nitrogens is 3. The summed E-state index contributed by atoms with van der Waals surface area (Å²) in [5.41, 5.74) is 0.972. The summed E-state index contributed by atoms with van der Waals surface area (Å²) >= 11 is 3.63. The Kier molecular flexibility index (Phi) is 5.21. The fourth-order valence-corrected chi connectivity index (χ4v) is 3.90. The van der Waals surface area contributed by atoms with Gasteiger partial charge in [0.25, 0.3) is 0 Å². The van der Waals surface area contributed by atoms with Gasteiger partial charge in [0.1, 0.15) is 5.65 Å². The maximum absolute atomic E-state index is 9.73. The zero-order chi connectivity index (χ0) is 16.4. The van der Waals surface area contributed by atoms with Gasteiger partial charge in [-0.15, -0.1) is 0 Å². The summed E-state index contributed by atoms with van der Waals surface area (Å²) in [5, 5.41) is 14.2. The third-order valence-electron chi connectivity index (χ3n) is 4.68. The van der Waals surface area contributed by atoms with Crippen LogP contribution in [0.25, 0.3) is 11.0 Å². The SMILES string of the molecule is CCCC(C)Nc1ncc2c(Br)cn(C3CCC(O)CC3)c2n1. The van der Waals surface area contributed by atoms with E-state index in [1.807, 2.05) is 6.20 Å². The molecule has 1 unspecified atom stereocenters. The molecule has 1 atom stereocenters. The molecule has 0 aliphatic heterocycles. The number of rotatable bonds is 5. The Hall–Kier alpha value is -1.14. The van der Waals surface area contributed by atoms with Crippen molar-refractivity contribution in [1.82, 2.24) is 14.5 Å². The van der Waals surface area contributed by atoms with E-state index in [0.29, 0.717) is 18.0 Å². The molecule has 0 aromatic carbocycles. The Labute approximate surface area is 145 Å². The quantitative estimate of drug-likeness (QED) is 0.812. The van der Waals surface area contributed by atoms with Gasteiger partial charge in [-0.1, -0.05) is 13.3 Å². The van der Waals surface area contributed by atoms with Crippen LogP contribution < -0.4 is 5.32 Å². The highest BCUT2D eigenvalue weighted by Crippen LogP contribution is 2.34. The van der Waals surface area contributed by atoms with Gasteiger partial charge in [-0.2, -0.15) is 4.98 Å². The monoisotopic (exact) mass is 380 g/mol. The molecule has 3 rings (SSSR count). The first kappa shape index (κ1) is 16.7. The van der Waals surface area contributed by atoms with Crippen molar-refractivity contribution in [3.8, 4) is 0 Å². The molecular weight excluding hydrogens is 356 g/mol. The zero-order valence-electron chi connectivity index (χ0n) is 13.8. The first-order valence-electron chi connectivity index (χ1n) is 8.56. The van der Waals surface area contributed by atoms with Gasteiger partial charge in [0.05, 0.1) is 11.5 Å². The van der Waals surface area contributed by atoms with Crippen molar-refractivity contribution in [1.29, 1.82) is 0 Å². The first-order valence-corrected chi connectivity index (χ1v) is 9.35. The Balaban J connectivity index is 1.89. The predicted molar refractivity (Wildman–Crippen MR) is 96.7 cm³/mol. The number of aliphatic hydroxyl groups is 1. The first-order chi connectivity index (χ1) is 11.1. The molecule has 6 heteroatoms. The summed E-state index contributed by atoms with van der Waals surface area (Å²) in [7, 11) is 0. The average molecular weight is 381 g/mol. The van der Waals surface area contributed by atoms with Crippen LogP contribution in [0.15, 0.2) is 16.9 Å². The van der Waals surface area contributed by atoms with Crippen molar-refractivity contribution in [2.75, 3.05) is 5.32 Å². The van der Waals surface area contributed by atoms with E-state index in [0.717, 1.165) is 54.0 Å². The van der Waals surface area contributed by atoms with Crippen molar-refractivity contribution in [2.24, 2.45) is 0 Å². The van der Waals surface area contributed by atoms with Crippen LogP contribution in [0.1, 0.15) is 58.4 Å². The molecule has 0 amide bonds. The van der Waals surface area contributed by atoms with Gasteiger partial charge < -0.3 is 15.0 Å². The largest absolute Gasteiger partial charge is 0.393 e. The van der Waals surface area contributed by atoms with Crippen LogP contribution in [0.3, 0.4) is 0 Å². The maximum atomic E-state index is 9.73. The molecule has 23 heavy (non-hydrogen) atoms. The third-order valence-corrected chi connectivity index (χ3v) is 5.31. The molecule has 0 radical (unpaired) electrons. The maximum Gasteiger partial charge on any atom is 0.224 e. The summed E-state index contributed by atoms with van der Waals surface area (Å²) in [6, 6.07) is 0.775. The van der Waals surface area contributed by atoms with Crippen molar-refractivity contribution >= 4 is 32.9 Å².